The monoisotopic (exact) mass is 191 g/mol. The number of hydrogen-bond acceptors (Lipinski definition) is 2. The van der Waals surface area contributed by atoms with Crippen molar-refractivity contribution < 1.29 is 4.79 Å². The summed E-state index contributed by atoms with van der Waals surface area (Å²) in [7, 11) is 0. The van der Waals surface area contributed by atoms with Crippen LogP contribution in [0.1, 0.15) is 40.0 Å². The van der Waals surface area contributed by atoms with Gasteiger partial charge in [-0.1, -0.05) is 13.8 Å². The first-order valence-corrected chi connectivity index (χ1v) is 4.79. The Kier molecular flexibility index (Phi) is 5.60. The maximum atomic E-state index is 10.7. The second-order valence-electron chi connectivity index (χ2n) is 4.13. The molecule has 0 heterocycles. The van der Waals surface area contributed by atoms with E-state index in [-0.39, 0.29) is 11.2 Å². The minimum Gasteiger partial charge on any atom is -0.300 e. The third-order valence-electron chi connectivity index (χ3n) is 1.97. The van der Waals surface area contributed by atoms with Gasteiger partial charge in [-0.25, -0.2) is 0 Å². The van der Waals surface area contributed by atoms with Crippen LogP contribution in [0.25, 0.3) is 0 Å². The predicted molar refractivity (Wildman–Crippen MR) is 56.6 cm³/mol. The normalized spacial score (nSPS) is 9.86. The zero-order valence-electron chi connectivity index (χ0n) is 9.13. The van der Waals surface area contributed by atoms with Crippen molar-refractivity contribution in [3.63, 3.8) is 0 Å². The summed E-state index contributed by atoms with van der Waals surface area (Å²) in [5, 5.41) is 8.28. The third kappa shape index (κ3) is 7.34. The number of Topliss-reactive ketones (excluding diaryl/α,β-unsaturated/α-hetero) is 1. The summed E-state index contributed by atoms with van der Waals surface area (Å²) in [5.41, 5.74) is 2.83. The SMILES string of the molecule is CC(=O)CCCC(C)(C)C=C=CC#N. The first-order valence-electron chi connectivity index (χ1n) is 4.79. The minimum absolute atomic E-state index is 0.0167. The van der Waals surface area contributed by atoms with Crippen LogP contribution in [0.2, 0.25) is 0 Å². The summed E-state index contributed by atoms with van der Waals surface area (Å²) in [4.78, 5) is 10.7. The first kappa shape index (κ1) is 12.7. The molecule has 0 radical (unpaired) electrons. The Hall–Kier alpha value is -1.32. The van der Waals surface area contributed by atoms with E-state index in [1.54, 1.807) is 6.92 Å². The number of rotatable bonds is 5. The molecule has 0 aliphatic heterocycles. The van der Waals surface area contributed by atoms with Crippen molar-refractivity contribution in [3.8, 4) is 6.07 Å². The van der Waals surface area contributed by atoms with Crippen LogP contribution in [-0.4, -0.2) is 5.78 Å². The van der Waals surface area contributed by atoms with Gasteiger partial charge in [0.2, 0.25) is 0 Å². The van der Waals surface area contributed by atoms with Crippen LogP contribution in [0.4, 0.5) is 0 Å². The number of ketones is 1. The number of allylic oxidation sites excluding steroid dienone is 1. The molecule has 0 bridgehead atoms. The molecule has 2 nitrogen and oxygen atoms in total. The molecule has 2 heteroatoms. The van der Waals surface area contributed by atoms with Crippen LogP contribution in [0.3, 0.4) is 0 Å². The predicted octanol–water partition coefficient (Wildman–Crippen LogP) is 3.01. The van der Waals surface area contributed by atoms with Gasteiger partial charge in [0.1, 0.15) is 5.78 Å². The Bertz CT molecular complexity index is 288. The average molecular weight is 191 g/mol. The fraction of sp³-hybridized carbons (Fsp3) is 0.583. The van der Waals surface area contributed by atoms with Crippen molar-refractivity contribution >= 4 is 5.78 Å². The molecule has 0 aromatic rings. The summed E-state index contributed by atoms with van der Waals surface area (Å²) in [5.74, 6) is 0.234. The van der Waals surface area contributed by atoms with E-state index in [2.05, 4.69) is 19.6 Å². The summed E-state index contributed by atoms with van der Waals surface area (Å²) in [6, 6.07) is 1.89. The molecule has 0 saturated heterocycles. The van der Waals surface area contributed by atoms with E-state index in [0.29, 0.717) is 6.42 Å². The zero-order chi connectivity index (χ0) is 11.0. The Morgan fingerprint density at radius 1 is 1.50 bits per heavy atom. The van der Waals surface area contributed by atoms with E-state index < -0.39 is 0 Å². The lowest BCUT2D eigenvalue weighted by molar-refractivity contribution is -0.117. The summed E-state index contributed by atoms with van der Waals surface area (Å²) >= 11 is 0. The van der Waals surface area contributed by atoms with Crippen LogP contribution in [-0.2, 0) is 4.79 Å². The zero-order valence-corrected chi connectivity index (χ0v) is 9.13. The van der Waals surface area contributed by atoms with Crippen molar-refractivity contribution in [1.29, 1.82) is 5.26 Å². The van der Waals surface area contributed by atoms with Gasteiger partial charge in [-0.2, -0.15) is 5.26 Å². The minimum atomic E-state index is 0.0167. The van der Waals surface area contributed by atoms with E-state index in [0.717, 1.165) is 12.8 Å². The molecule has 76 valence electrons. The van der Waals surface area contributed by atoms with Crippen LogP contribution in [0, 0.1) is 16.7 Å². The molecule has 0 unspecified atom stereocenters. The van der Waals surface area contributed by atoms with Gasteiger partial charge in [0.15, 0.2) is 0 Å². The van der Waals surface area contributed by atoms with E-state index in [1.165, 1.54) is 6.08 Å². The van der Waals surface area contributed by atoms with Crippen molar-refractivity contribution in [1.82, 2.24) is 0 Å². The molecule has 0 aromatic heterocycles. The van der Waals surface area contributed by atoms with Gasteiger partial charge >= 0.3 is 0 Å². The lowest BCUT2D eigenvalue weighted by Crippen LogP contribution is -2.07. The Balaban J connectivity index is 4.02. The largest absolute Gasteiger partial charge is 0.300 e. The quantitative estimate of drug-likeness (QED) is 0.495. The van der Waals surface area contributed by atoms with Gasteiger partial charge in [0, 0.05) is 6.42 Å². The Morgan fingerprint density at radius 2 is 2.14 bits per heavy atom. The molecule has 0 atom stereocenters. The van der Waals surface area contributed by atoms with Crippen LogP contribution in [0.15, 0.2) is 17.9 Å². The summed E-state index contributed by atoms with van der Waals surface area (Å²) in [6.07, 6.45) is 5.70. The smallest absolute Gasteiger partial charge is 0.129 e. The average Bonchev–Trinajstić information content (AvgIpc) is 2.03. The number of hydrogen-bond donors (Lipinski definition) is 0. The molecule has 14 heavy (non-hydrogen) atoms. The van der Waals surface area contributed by atoms with E-state index >= 15 is 0 Å². The number of carbonyl (C=O) groups excluding carboxylic acids is 1. The molecule has 0 aliphatic carbocycles. The van der Waals surface area contributed by atoms with Crippen molar-refractivity contribution in [2.45, 2.75) is 40.0 Å². The fourth-order valence-electron chi connectivity index (χ4n) is 1.17. The van der Waals surface area contributed by atoms with Gasteiger partial charge in [-0.3, -0.25) is 0 Å². The molecule has 0 rings (SSSR count). The Labute approximate surface area is 85.9 Å². The van der Waals surface area contributed by atoms with Gasteiger partial charge in [0.25, 0.3) is 0 Å². The maximum absolute atomic E-state index is 10.7. The van der Waals surface area contributed by atoms with Crippen LogP contribution in [0.5, 0.6) is 0 Å². The number of nitrogens with zero attached hydrogens (tertiary/aromatic N) is 1. The first-order chi connectivity index (χ1) is 6.48. The summed E-state index contributed by atoms with van der Waals surface area (Å²) in [6.45, 7) is 5.76. The van der Waals surface area contributed by atoms with Gasteiger partial charge in [-0.15, -0.1) is 5.73 Å². The van der Waals surface area contributed by atoms with E-state index in [4.69, 9.17) is 5.26 Å². The molecule has 0 N–H and O–H groups in total. The molecular formula is C12H17NO. The highest BCUT2D eigenvalue weighted by molar-refractivity contribution is 5.75. The Morgan fingerprint density at radius 3 is 2.64 bits per heavy atom. The highest BCUT2D eigenvalue weighted by atomic mass is 16.1. The van der Waals surface area contributed by atoms with Crippen molar-refractivity contribution in [2.75, 3.05) is 0 Å². The van der Waals surface area contributed by atoms with E-state index in [1.807, 2.05) is 12.1 Å². The third-order valence-corrected chi connectivity index (χ3v) is 1.97. The lowest BCUT2D eigenvalue weighted by Gasteiger charge is -2.17. The topological polar surface area (TPSA) is 40.9 Å². The number of carbonyl (C=O) groups is 1. The van der Waals surface area contributed by atoms with Gasteiger partial charge in [0.05, 0.1) is 12.1 Å². The highest BCUT2D eigenvalue weighted by Gasteiger charge is 2.13. The van der Waals surface area contributed by atoms with Crippen LogP contribution < -0.4 is 0 Å². The lowest BCUT2D eigenvalue weighted by atomic mass is 9.87. The summed E-state index contributed by atoms with van der Waals surface area (Å²) < 4.78 is 0. The van der Waals surface area contributed by atoms with Crippen molar-refractivity contribution in [3.05, 3.63) is 17.9 Å². The highest BCUT2D eigenvalue weighted by Crippen LogP contribution is 2.24. The molecule has 0 amide bonds. The van der Waals surface area contributed by atoms with Crippen molar-refractivity contribution in [2.24, 2.45) is 5.41 Å². The second kappa shape index (κ2) is 6.18. The fourth-order valence-corrected chi connectivity index (χ4v) is 1.17. The molecule has 0 spiro atoms. The molecular weight excluding hydrogens is 174 g/mol. The van der Waals surface area contributed by atoms with Gasteiger partial charge in [-0.05, 0) is 31.3 Å². The maximum Gasteiger partial charge on any atom is 0.129 e. The molecule has 0 aliphatic rings. The number of nitriles is 1. The van der Waals surface area contributed by atoms with Gasteiger partial charge < -0.3 is 4.79 Å². The molecule has 0 saturated carbocycles. The molecule has 0 fully saturated rings. The van der Waals surface area contributed by atoms with E-state index in [9.17, 15) is 4.79 Å². The standard InChI is InChI=1S/C12H17NO/c1-11(14)7-6-9-12(2,3)8-4-5-10-13/h5,8H,6-7,9H2,1-3H3. The molecule has 0 aromatic carbocycles. The van der Waals surface area contributed by atoms with Crippen LogP contribution >= 0.6 is 0 Å². The second-order valence-corrected chi connectivity index (χ2v) is 4.13.